The largest absolute Gasteiger partial charge is 0.493 e. The molecular weight excluding hydrogens is 324 g/mol. The van der Waals surface area contributed by atoms with Crippen molar-refractivity contribution in [2.45, 2.75) is 13.5 Å². The summed E-state index contributed by atoms with van der Waals surface area (Å²) in [4.78, 5) is 18.8. The van der Waals surface area contributed by atoms with E-state index >= 15 is 0 Å². The zero-order valence-electron chi connectivity index (χ0n) is 14.2. The highest BCUT2D eigenvalue weighted by atomic mass is 32.1. The quantitative estimate of drug-likeness (QED) is 0.765. The molecule has 1 amide bonds. The second-order valence-corrected chi connectivity index (χ2v) is 6.67. The van der Waals surface area contributed by atoms with E-state index in [1.54, 1.807) is 30.5 Å². The molecule has 0 bridgehead atoms. The minimum Gasteiger partial charge on any atom is -0.493 e. The summed E-state index contributed by atoms with van der Waals surface area (Å²) in [5.74, 6) is 1.23. The van der Waals surface area contributed by atoms with E-state index in [-0.39, 0.29) is 5.91 Å². The van der Waals surface area contributed by atoms with E-state index < -0.39 is 0 Å². The molecule has 0 atom stereocenters. The molecule has 0 saturated heterocycles. The maximum absolute atomic E-state index is 12.7. The Morgan fingerprint density at radius 2 is 1.92 bits per heavy atom. The lowest BCUT2D eigenvalue weighted by Crippen LogP contribution is -2.26. The molecular formula is C18H20N2O3S. The van der Waals surface area contributed by atoms with Gasteiger partial charge >= 0.3 is 0 Å². The van der Waals surface area contributed by atoms with E-state index in [1.165, 1.54) is 10.4 Å². The third-order valence-corrected chi connectivity index (χ3v) is 5.06. The van der Waals surface area contributed by atoms with Gasteiger partial charge in [0.2, 0.25) is 0 Å². The highest BCUT2D eigenvalue weighted by Crippen LogP contribution is 2.32. The number of ether oxygens (including phenoxy) is 2. The molecule has 126 valence electrons. The number of benzene rings is 1. The first-order valence-corrected chi connectivity index (χ1v) is 8.44. The van der Waals surface area contributed by atoms with Crippen LogP contribution in [0.25, 0.3) is 10.9 Å². The lowest BCUT2D eigenvalue weighted by Gasteiger charge is -2.15. The van der Waals surface area contributed by atoms with Gasteiger partial charge in [-0.25, -0.2) is 0 Å². The van der Waals surface area contributed by atoms with E-state index in [4.69, 9.17) is 9.47 Å². The van der Waals surface area contributed by atoms with Crippen molar-refractivity contribution in [3.8, 4) is 11.5 Å². The summed E-state index contributed by atoms with van der Waals surface area (Å²) >= 11 is 1.67. The lowest BCUT2D eigenvalue weighted by molar-refractivity contribution is 0.0781. The number of hydrogen-bond acceptors (Lipinski definition) is 4. The van der Waals surface area contributed by atoms with Gasteiger partial charge in [0.25, 0.3) is 5.91 Å². The molecule has 0 aliphatic rings. The molecule has 1 N–H and O–H groups in total. The maximum atomic E-state index is 12.7. The third kappa shape index (κ3) is 2.97. The van der Waals surface area contributed by atoms with Crippen molar-refractivity contribution < 1.29 is 14.3 Å². The summed E-state index contributed by atoms with van der Waals surface area (Å²) < 4.78 is 10.6. The number of carbonyl (C=O) groups excluding carboxylic acids is 1. The third-order valence-electron chi connectivity index (χ3n) is 4.05. The van der Waals surface area contributed by atoms with Crippen LogP contribution in [0.15, 0.2) is 29.6 Å². The summed E-state index contributed by atoms with van der Waals surface area (Å²) in [6, 6.07) is 7.62. The minimum atomic E-state index is -0.0445. The number of amides is 1. The molecule has 3 rings (SSSR count). The van der Waals surface area contributed by atoms with Gasteiger partial charge in [-0.3, -0.25) is 4.79 Å². The Labute approximate surface area is 144 Å². The molecule has 0 unspecified atom stereocenters. The van der Waals surface area contributed by atoms with Crippen LogP contribution in [0.3, 0.4) is 0 Å². The zero-order valence-corrected chi connectivity index (χ0v) is 15.0. The topological polar surface area (TPSA) is 54.6 Å². The Morgan fingerprint density at radius 1 is 1.21 bits per heavy atom. The van der Waals surface area contributed by atoms with Crippen LogP contribution in [0.5, 0.6) is 11.5 Å². The summed E-state index contributed by atoms with van der Waals surface area (Å²) in [6.45, 7) is 2.66. The Morgan fingerprint density at radius 3 is 2.54 bits per heavy atom. The fourth-order valence-electron chi connectivity index (χ4n) is 2.63. The van der Waals surface area contributed by atoms with Crippen molar-refractivity contribution in [1.29, 1.82) is 0 Å². The van der Waals surface area contributed by atoms with Crippen LogP contribution in [-0.4, -0.2) is 37.1 Å². The number of nitrogens with zero attached hydrogens (tertiary/aromatic N) is 1. The van der Waals surface area contributed by atoms with E-state index in [0.717, 1.165) is 10.9 Å². The smallest absolute Gasteiger partial charge is 0.270 e. The SMILES string of the molecule is COc1cc2cc(C(=O)N(C)Cc3sccc3C)[nH]c2cc1OC. The van der Waals surface area contributed by atoms with E-state index in [2.05, 4.69) is 18.0 Å². The Bertz CT molecular complexity index is 841. The van der Waals surface area contributed by atoms with Crippen molar-refractivity contribution in [3.05, 3.63) is 45.8 Å². The summed E-state index contributed by atoms with van der Waals surface area (Å²) in [5, 5.41) is 2.96. The zero-order chi connectivity index (χ0) is 17.3. The number of aromatic nitrogens is 1. The normalized spacial score (nSPS) is 10.8. The lowest BCUT2D eigenvalue weighted by atomic mass is 10.2. The van der Waals surface area contributed by atoms with Gasteiger partial charge in [-0.1, -0.05) is 0 Å². The molecule has 2 aromatic heterocycles. The molecule has 6 heteroatoms. The van der Waals surface area contributed by atoms with Crippen LogP contribution < -0.4 is 9.47 Å². The van der Waals surface area contributed by atoms with Crippen molar-refractivity contribution in [2.24, 2.45) is 0 Å². The van der Waals surface area contributed by atoms with Gasteiger partial charge < -0.3 is 19.4 Å². The fraction of sp³-hybridized carbons (Fsp3) is 0.278. The number of H-pyrrole nitrogens is 1. The van der Waals surface area contributed by atoms with Crippen molar-refractivity contribution in [2.75, 3.05) is 21.3 Å². The number of rotatable bonds is 5. The molecule has 0 aliphatic heterocycles. The van der Waals surface area contributed by atoms with Gasteiger partial charge in [0.1, 0.15) is 5.69 Å². The molecule has 0 radical (unpaired) electrons. The van der Waals surface area contributed by atoms with Crippen molar-refractivity contribution >= 4 is 28.1 Å². The van der Waals surface area contributed by atoms with Gasteiger partial charge in [0, 0.05) is 28.9 Å². The van der Waals surface area contributed by atoms with Crippen LogP contribution in [0.2, 0.25) is 0 Å². The summed E-state index contributed by atoms with van der Waals surface area (Å²) in [6.07, 6.45) is 0. The number of hydrogen-bond donors (Lipinski definition) is 1. The van der Waals surface area contributed by atoms with Gasteiger partial charge in [-0.15, -0.1) is 11.3 Å². The number of methoxy groups -OCH3 is 2. The van der Waals surface area contributed by atoms with Crippen molar-refractivity contribution in [1.82, 2.24) is 9.88 Å². The minimum absolute atomic E-state index is 0.0445. The van der Waals surface area contributed by atoms with Crippen LogP contribution in [0.4, 0.5) is 0 Å². The standard InChI is InChI=1S/C18H20N2O3S/c1-11-5-6-24-17(11)10-20(2)18(21)14-7-12-8-15(22-3)16(23-4)9-13(12)19-14/h5-9,19H,10H2,1-4H3. The molecule has 0 spiro atoms. The predicted octanol–water partition coefficient (Wildman–Crippen LogP) is 3.83. The number of carbonyl (C=O) groups is 1. The molecule has 24 heavy (non-hydrogen) atoms. The average Bonchev–Trinajstić information content (AvgIpc) is 3.18. The molecule has 0 saturated carbocycles. The number of thiophene rings is 1. The number of aromatic amines is 1. The fourth-order valence-corrected chi connectivity index (χ4v) is 3.59. The highest BCUT2D eigenvalue weighted by molar-refractivity contribution is 7.10. The summed E-state index contributed by atoms with van der Waals surface area (Å²) in [7, 11) is 5.00. The molecule has 0 fully saturated rings. The highest BCUT2D eigenvalue weighted by Gasteiger charge is 2.17. The van der Waals surface area contributed by atoms with Crippen LogP contribution >= 0.6 is 11.3 Å². The first kappa shape index (κ1) is 16.4. The first-order chi connectivity index (χ1) is 11.5. The van der Waals surface area contributed by atoms with Crippen LogP contribution in [0, 0.1) is 6.92 Å². The van der Waals surface area contributed by atoms with Gasteiger partial charge in [-0.05, 0) is 36.1 Å². The number of aryl methyl sites for hydroxylation is 1. The summed E-state index contributed by atoms with van der Waals surface area (Å²) in [5.41, 5.74) is 2.61. The molecule has 3 aromatic rings. The second kappa shape index (κ2) is 6.57. The maximum Gasteiger partial charge on any atom is 0.270 e. The number of fused-ring (bicyclic) bond motifs is 1. The molecule has 1 aromatic carbocycles. The Kier molecular flexibility index (Phi) is 4.49. The predicted molar refractivity (Wildman–Crippen MR) is 96.3 cm³/mol. The van der Waals surface area contributed by atoms with Crippen LogP contribution in [0.1, 0.15) is 20.9 Å². The van der Waals surface area contributed by atoms with E-state index in [1.807, 2.05) is 30.6 Å². The van der Waals surface area contributed by atoms with Gasteiger partial charge in [0.05, 0.1) is 20.8 Å². The average molecular weight is 344 g/mol. The number of nitrogens with one attached hydrogen (secondary N) is 1. The Balaban J connectivity index is 1.88. The van der Waals surface area contributed by atoms with Gasteiger partial charge in [0.15, 0.2) is 11.5 Å². The van der Waals surface area contributed by atoms with E-state index in [9.17, 15) is 4.79 Å². The molecule has 5 nitrogen and oxygen atoms in total. The molecule has 2 heterocycles. The van der Waals surface area contributed by atoms with Gasteiger partial charge in [-0.2, -0.15) is 0 Å². The van der Waals surface area contributed by atoms with E-state index in [0.29, 0.717) is 23.7 Å². The second-order valence-electron chi connectivity index (χ2n) is 5.67. The van der Waals surface area contributed by atoms with Crippen LogP contribution in [-0.2, 0) is 6.54 Å². The first-order valence-electron chi connectivity index (χ1n) is 7.56. The van der Waals surface area contributed by atoms with Crippen molar-refractivity contribution in [3.63, 3.8) is 0 Å². The monoisotopic (exact) mass is 344 g/mol. The Hall–Kier alpha value is -2.47. The molecule has 0 aliphatic carbocycles.